The second-order valence-electron chi connectivity index (χ2n) is 6.80. The number of carbonyl (C=O) groups is 1. The second-order valence-corrected chi connectivity index (χ2v) is 6.80. The van der Waals surface area contributed by atoms with Crippen molar-refractivity contribution in [2.75, 3.05) is 41.3 Å². The number of hydrogen-bond acceptors (Lipinski definition) is 4. The van der Waals surface area contributed by atoms with Crippen molar-refractivity contribution in [2.45, 2.75) is 56.5 Å². The Hall–Kier alpha value is -0.650. The van der Waals surface area contributed by atoms with Gasteiger partial charge in [-0.3, -0.25) is 4.79 Å². The maximum atomic E-state index is 11.5. The fourth-order valence-corrected chi connectivity index (χ4v) is 3.41. The maximum Gasteiger partial charge on any atom is 0.323 e. The number of carboxylic acids is 1. The van der Waals surface area contributed by atoms with E-state index in [-0.39, 0.29) is 0 Å². The number of rotatable bonds is 10. The third-order valence-corrected chi connectivity index (χ3v) is 5.43. The van der Waals surface area contributed by atoms with Gasteiger partial charge in [0.1, 0.15) is 5.54 Å². The Labute approximate surface area is 129 Å². The number of aliphatic carboxylic acids is 1. The van der Waals surface area contributed by atoms with Crippen LogP contribution in [0.5, 0.6) is 0 Å². The Morgan fingerprint density at radius 2 is 1.95 bits per heavy atom. The Kier molecular flexibility index (Phi) is 6.63. The second kappa shape index (κ2) is 7.56. The molecule has 5 heteroatoms. The zero-order chi connectivity index (χ0) is 16.1. The quantitative estimate of drug-likeness (QED) is 0.642. The van der Waals surface area contributed by atoms with Crippen molar-refractivity contribution < 1.29 is 9.90 Å². The summed E-state index contributed by atoms with van der Waals surface area (Å²) in [6.07, 6.45) is 6.06. The van der Waals surface area contributed by atoms with Gasteiger partial charge in [0.25, 0.3) is 0 Å². The Morgan fingerprint density at radius 1 is 1.33 bits per heavy atom. The smallest absolute Gasteiger partial charge is 0.323 e. The summed E-state index contributed by atoms with van der Waals surface area (Å²) in [7, 11) is 8.23. The van der Waals surface area contributed by atoms with Gasteiger partial charge in [0.05, 0.1) is 0 Å². The Bertz CT molecular complexity index is 336. The number of carboxylic acid groups (broad SMARTS) is 1. The molecule has 0 bridgehead atoms. The van der Waals surface area contributed by atoms with Crippen molar-refractivity contribution in [3.8, 4) is 0 Å². The number of hydrogen-bond donors (Lipinski definition) is 2. The van der Waals surface area contributed by atoms with E-state index >= 15 is 0 Å². The number of nitrogens with zero attached hydrogens (tertiary/aromatic N) is 2. The zero-order valence-electron chi connectivity index (χ0n) is 14.4. The van der Waals surface area contributed by atoms with E-state index in [9.17, 15) is 9.90 Å². The third-order valence-electron chi connectivity index (χ3n) is 5.43. The largest absolute Gasteiger partial charge is 0.480 e. The molecule has 2 N–H and O–H groups in total. The van der Waals surface area contributed by atoms with Crippen molar-refractivity contribution in [2.24, 2.45) is 0 Å². The predicted octanol–water partition coefficient (Wildman–Crippen LogP) is 1.64. The van der Waals surface area contributed by atoms with E-state index in [1.54, 1.807) is 7.05 Å². The molecule has 1 fully saturated rings. The minimum Gasteiger partial charge on any atom is -0.480 e. The van der Waals surface area contributed by atoms with Gasteiger partial charge in [-0.1, -0.05) is 6.92 Å². The van der Waals surface area contributed by atoms with E-state index in [0.29, 0.717) is 18.4 Å². The van der Waals surface area contributed by atoms with Gasteiger partial charge in [-0.05, 0) is 73.3 Å². The SMILES string of the molecule is CCC(CCCN(C)CC1(N(C)C)CCC1)(NC)C(=O)O. The Balaban J connectivity index is 2.42. The molecule has 0 spiro atoms. The van der Waals surface area contributed by atoms with Gasteiger partial charge >= 0.3 is 5.97 Å². The van der Waals surface area contributed by atoms with Gasteiger partial charge in [0, 0.05) is 12.1 Å². The van der Waals surface area contributed by atoms with Crippen LogP contribution in [0.3, 0.4) is 0 Å². The molecule has 1 aliphatic carbocycles. The van der Waals surface area contributed by atoms with Crippen LogP contribution in [0, 0.1) is 0 Å². The molecule has 0 aromatic rings. The highest BCUT2D eigenvalue weighted by Crippen LogP contribution is 2.36. The molecule has 0 aromatic carbocycles. The van der Waals surface area contributed by atoms with Gasteiger partial charge in [-0.15, -0.1) is 0 Å². The van der Waals surface area contributed by atoms with Crippen LogP contribution in [0.15, 0.2) is 0 Å². The monoisotopic (exact) mass is 299 g/mol. The highest BCUT2D eigenvalue weighted by molar-refractivity contribution is 5.78. The molecule has 5 nitrogen and oxygen atoms in total. The highest BCUT2D eigenvalue weighted by Gasteiger charge is 2.40. The summed E-state index contributed by atoms with van der Waals surface area (Å²) in [6, 6.07) is 0. The lowest BCUT2D eigenvalue weighted by Crippen LogP contribution is -2.57. The van der Waals surface area contributed by atoms with Crippen molar-refractivity contribution in [1.29, 1.82) is 0 Å². The Morgan fingerprint density at radius 3 is 2.29 bits per heavy atom. The van der Waals surface area contributed by atoms with Crippen molar-refractivity contribution in [3.63, 3.8) is 0 Å². The summed E-state index contributed by atoms with van der Waals surface area (Å²) in [5.41, 5.74) is -0.428. The maximum absolute atomic E-state index is 11.5. The lowest BCUT2D eigenvalue weighted by molar-refractivity contribution is -0.145. The molecule has 1 atom stereocenters. The fraction of sp³-hybridized carbons (Fsp3) is 0.938. The van der Waals surface area contributed by atoms with Crippen LogP contribution in [0.2, 0.25) is 0 Å². The van der Waals surface area contributed by atoms with Crippen molar-refractivity contribution >= 4 is 5.97 Å². The van der Waals surface area contributed by atoms with Crippen LogP contribution in [0.4, 0.5) is 0 Å². The molecule has 0 aromatic heterocycles. The molecular weight excluding hydrogens is 266 g/mol. The first-order chi connectivity index (χ1) is 9.82. The molecule has 1 unspecified atom stereocenters. The fourth-order valence-electron chi connectivity index (χ4n) is 3.41. The minimum absolute atomic E-state index is 0.340. The normalized spacial score (nSPS) is 20.3. The lowest BCUT2D eigenvalue weighted by atomic mass is 9.75. The first kappa shape index (κ1) is 18.4. The van der Waals surface area contributed by atoms with Crippen LogP contribution in [0.25, 0.3) is 0 Å². The van der Waals surface area contributed by atoms with Crippen LogP contribution in [-0.2, 0) is 4.79 Å². The summed E-state index contributed by atoms with van der Waals surface area (Å²) in [5.74, 6) is -0.737. The standard InChI is InChI=1S/C16H33N3O2/c1-6-16(17-2,14(20)21)11-8-12-19(5)13-15(18(3)4)9-7-10-15/h17H,6-13H2,1-5H3,(H,20,21). The minimum atomic E-state index is -0.767. The van der Waals surface area contributed by atoms with Crippen LogP contribution < -0.4 is 5.32 Å². The molecule has 0 saturated heterocycles. The average molecular weight is 299 g/mol. The molecule has 0 radical (unpaired) electrons. The lowest BCUT2D eigenvalue weighted by Gasteiger charge is -2.49. The molecule has 0 aliphatic heterocycles. The highest BCUT2D eigenvalue weighted by atomic mass is 16.4. The van der Waals surface area contributed by atoms with E-state index in [1.807, 2.05) is 6.92 Å². The van der Waals surface area contributed by atoms with E-state index in [2.05, 4.69) is 36.3 Å². The zero-order valence-corrected chi connectivity index (χ0v) is 14.4. The molecule has 1 saturated carbocycles. The molecular formula is C16H33N3O2. The van der Waals surface area contributed by atoms with E-state index < -0.39 is 11.5 Å². The molecule has 21 heavy (non-hydrogen) atoms. The molecule has 0 heterocycles. The van der Waals surface area contributed by atoms with Crippen LogP contribution in [-0.4, -0.2) is 73.2 Å². The van der Waals surface area contributed by atoms with Crippen molar-refractivity contribution in [1.82, 2.24) is 15.1 Å². The molecule has 1 rings (SSSR count). The summed E-state index contributed by atoms with van der Waals surface area (Å²) in [5, 5.41) is 12.4. The number of likely N-dealkylation sites (N-methyl/N-ethyl adjacent to an activating group) is 3. The van der Waals surface area contributed by atoms with Gasteiger partial charge in [0.2, 0.25) is 0 Å². The summed E-state index contributed by atoms with van der Waals surface area (Å²) in [6.45, 7) is 3.96. The van der Waals surface area contributed by atoms with Gasteiger partial charge in [-0.2, -0.15) is 0 Å². The van der Waals surface area contributed by atoms with E-state index in [4.69, 9.17) is 0 Å². The summed E-state index contributed by atoms with van der Waals surface area (Å²) < 4.78 is 0. The van der Waals surface area contributed by atoms with E-state index in [0.717, 1.165) is 19.5 Å². The van der Waals surface area contributed by atoms with Gasteiger partial charge in [0.15, 0.2) is 0 Å². The van der Waals surface area contributed by atoms with Crippen molar-refractivity contribution in [3.05, 3.63) is 0 Å². The average Bonchev–Trinajstić information content (AvgIpc) is 2.38. The predicted molar refractivity (Wildman–Crippen MR) is 86.7 cm³/mol. The topological polar surface area (TPSA) is 55.8 Å². The molecule has 124 valence electrons. The van der Waals surface area contributed by atoms with Crippen LogP contribution >= 0.6 is 0 Å². The van der Waals surface area contributed by atoms with Gasteiger partial charge < -0.3 is 20.2 Å². The first-order valence-corrected chi connectivity index (χ1v) is 8.10. The van der Waals surface area contributed by atoms with Crippen LogP contribution in [0.1, 0.15) is 45.4 Å². The summed E-state index contributed by atoms with van der Waals surface area (Å²) in [4.78, 5) is 16.2. The molecule has 0 amide bonds. The summed E-state index contributed by atoms with van der Waals surface area (Å²) >= 11 is 0. The first-order valence-electron chi connectivity index (χ1n) is 8.10. The molecule has 1 aliphatic rings. The number of nitrogens with one attached hydrogen (secondary N) is 1. The van der Waals surface area contributed by atoms with E-state index in [1.165, 1.54) is 19.3 Å². The van der Waals surface area contributed by atoms with Gasteiger partial charge in [-0.25, -0.2) is 0 Å². The third kappa shape index (κ3) is 4.18.